The number of carbonyl (C=O) groups excluding carboxylic acids is 1. The molecule has 1 amide bonds. The zero-order valence-electron chi connectivity index (χ0n) is 15.8. The summed E-state index contributed by atoms with van der Waals surface area (Å²) in [5.74, 6) is 1.21. The van der Waals surface area contributed by atoms with Crippen molar-refractivity contribution in [1.82, 2.24) is 19.4 Å². The molecule has 0 aliphatic carbocycles. The van der Waals surface area contributed by atoms with Gasteiger partial charge in [-0.2, -0.15) is 5.06 Å². The van der Waals surface area contributed by atoms with Crippen LogP contribution in [-0.4, -0.2) is 39.7 Å². The van der Waals surface area contributed by atoms with E-state index in [0.717, 1.165) is 33.8 Å². The molecule has 138 valence electrons. The predicted molar refractivity (Wildman–Crippen MR) is 99.4 cm³/mol. The van der Waals surface area contributed by atoms with E-state index in [1.165, 1.54) is 14.2 Å². The molecule has 0 bridgehead atoms. The fraction of sp³-hybridized carbons (Fsp3) is 0.421. The Hall–Kier alpha value is -2.67. The fourth-order valence-electron chi connectivity index (χ4n) is 2.97. The lowest BCUT2D eigenvalue weighted by molar-refractivity contribution is -0.0795. The highest BCUT2D eigenvalue weighted by Crippen LogP contribution is 2.32. The van der Waals surface area contributed by atoms with E-state index >= 15 is 0 Å². The number of imidazole rings is 1. The number of ether oxygens (including phenoxy) is 1. The first-order valence-electron chi connectivity index (χ1n) is 8.81. The molecule has 1 aromatic carbocycles. The normalized spacial score (nSPS) is 12.5. The molecule has 2 heterocycles. The highest BCUT2D eigenvalue weighted by atomic mass is 16.7. The van der Waals surface area contributed by atoms with Gasteiger partial charge in [0, 0.05) is 12.6 Å². The summed E-state index contributed by atoms with van der Waals surface area (Å²) >= 11 is 0. The average Bonchev–Trinajstić information content (AvgIpc) is 3.04. The van der Waals surface area contributed by atoms with E-state index in [4.69, 9.17) is 14.6 Å². The minimum Gasteiger partial charge on any atom is -0.391 e. The molecule has 0 aliphatic rings. The number of benzene rings is 1. The second-order valence-electron chi connectivity index (χ2n) is 6.23. The maximum atomic E-state index is 12.4. The molecule has 0 aliphatic heterocycles. The zero-order chi connectivity index (χ0) is 18.8. The van der Waals surface area contributed by atoms with Crippen LogP contribution in [0.3, 0.4) is 0 Å². The van der Waals surface area contributed by atoms with E-state index in [-0.39, 0.29) is 5.92 Å². The molecule has 0 spiro atoms. The summed E-state index contributed by atoms with van der Waals surface area (Å²) in [6, 6.07) is 7.72. The van der Waals surface area contributed by atoms with Crippen LogP contribution in [0.1, 0.15) is 44.4 Å². The van der Waals surface area contributed by atoms with Crippen LogP contribution in [0.15, 0.2) is 24.3 Å². The van der Waals surface area contributed by atoms with Crippen molar-refractivity contribution in [2.75, 3.05) is 14.2 Å². The first-order valence-corrected chi connectivity index (χ1v) is 8.81. The molecular formula is C19H24N4O3. The fourth-order valence-corrected chi connectivity index (χ4v) is 2.97. The monoisotopic (exact) mass is 356 g/mol. The van der Waals surface area contributed by atoms with Crippen molar-refractivity contribution in [2.24, 2.45) is 0 Å². The highest BCUT2D eigenvalue weighted by Gasteiger charge is 2.24. The molecule has 26 heavy (non-hydrogen) atoms. The SMILES string of the molecule is CCc1c(C(C)CC)nc2nc3ccccc3n2c1OC(=O)N(C)OC. The number of hydrogen-bond acceptors (Lipinski definition) is 5. The maximum Gasteiger partial charge on any atom is 0.440 e. The van der Waals surface area contributed by atoms with Gasteiger partial charge in [0.15, 0.2) is 0 Å². The van der Waals surface area contributed by atoms with Crippen molar-refractivity contribution >= 4 is 22.9 Å². The lowest BCUT2D eigenvalue weighted by Gasteiger charge is -2.20. The average molecular weight is 356 g/mol. The standard InChI is InChI=1S/C19H24N4O3/c1-6-12(3)16-13(7-2)17(26-19(24)22(4)25-5)23-15-11-9-8-10-14(15)20-18(23)21-16/h8-12H,6-7H2,1-5H3. The molecule has 0 radical (unpaired) electrons. The van der Waals surface area contributed by atoms with Crippen molar-refractivity contribution < 1.29 is 14.4 Å². The van der Waals surface area contributed by atoms with Gasteiger partial charge in [0.2, 0.25) is 11.7 Å². The van der Waals surface area contributed by atoms with Crippen LogP contribution in [-0.2, 0) is 11.3 Å². The van der Waals surface area contributed by atoms with Crippen LogP contribution >= 0.6 is 0 Å². The van der Waals surface area contributed by atoms with E-state index in [0.29, 0.717) is 18.1 Å². The topological polar surface area (TPSA) is 69.0 Å². The first-order chi connectivity index (χ1) is 12.5. The predicted octanol–water partition coefficient (Wildman–Crippen LogP) is 3.95. The van der Waals surface area contributed by atoms with Crippen molar-refractivity contribution in [3.05, 3.63) is 35.5 Å². The Labute approximate surface area is 152 Å². The number of aromatic nitrogens is 3. The van der Waals surface area contributed by atoms with Gasteiger partial charge in [-0.1, -0.05) is 32.9 Å². The van der Waals surface area contributed by atoms with Gasteiger partial charge in [-0.05, 0) is 30.9 Å². The van der Waals surface area contributed by atoms with Crippen LogP contribution in [0, 0.1) is 0 Å². The van der Waals surface area contributed by atoms with Gasteiger partial charge >= 0.3 is 6.09 Å². The Balaban J connectivity index is 2.33. The molecule has 0 N–H and O–H groups in total. The van der Waals surface area contributed by atoms with Crippen LogP contribution in [0.5, 0.6) is 5.88 Å². The number of nitrogens with zero attached hydrogens (tertiary/aromatic N) is 4. The minimum atomic E-state index is -0.595. The Morgan fingerprint density at radius 1 is 1.27 bits per heavy atom. The van der Waals surface area contributed by atoms with Crippen LogP contribution in [0.2, 0.25) is 0 Å². The number of amides is 1. The lowest BCUT2D eigenvalue weighted by Crippen LogP contribution is -2.29. The number of fused-ring (bicyclic) bond motifs is 3. The second-order valence-corrected chi connectivity index (χ2v) is 6.23. The number of rotatable bonds is 5. The van der Waals surface area contributed by atoms with Gasteiger partial charge in [0.1, 0.15) is 0 Å². The van der Waals surface area contributed by atoms with Crippen molar-refractivity contribution in [3.63, 3.8) is 0 Å². The Kier molecular flexibility index (Phi) is 5.08. The summed E-state index contributed by atoms with van der Waals surface area (Å²) in [5.41, 5.74) is 3.48. The molecule has 3 rings (SSSR count). The summed E-state index contributed by atoms with van der Waals surface area (Å²) in [4.78, 5) is 26.8. The Morgan fingerprint density at radius 3 is 2.65 bits per heavy atom. The zero-order valence-corrected chi connectivity index (χ0v) is 15.8. The molecule has 0 saturated carbocycles. The molecule has 3 aromatic rings. The molecular weight excluding hydrogens is 332 g/mol. The molecule has 7 nitrogen and oxygen atoms in total. The van der Waals surface area contributed by atoms with Crippen LogP contribution in [0.25, 0.3) is 16.8 Å². The largest absolute Gasteiger partial charge is 0.440 e. The number of hydrogen-bond donors (Lipinski definition) is 0. The minimum absolute atomic E-state index is 0.229. The maximum absolute atomic E-state index is 12.4. The summed E-state index contributed by atoms with van der Waals surface area (Å²) in [6.45, 7) is 6.27. The molecule has 0 fully saturated rings. The van der Waals surface area contributed by atoms with Gasteiger partial charge in [-0.3, -0.25) is 4.84 Å². The first kappa shape index (κ1) is 18.1. The third-order valence-corrected chi connectivity index (χ3v) is 4.68. The van der Waals surface area contributed by atoms with Crippen molar-refractivity contribution in [2.45, 2.75) is 39.5 Å². The lowest BCUT2D eigenvalue weighted by atomic mass is 9.99. The number of para-hydroxylation sites is 2. The van der Waals surface area contributed by atoms with Crippen LogP contribution in [0.4, 0.5) is 4.79 Å². The summed E-state index contributed by atoms with van der Waals surface area (Å²) < 4.78 is 7.56. The number of carbonyl (C=O) groups is 1. The van der Waals surface area contributed by atoms with Gasteiger partial charge in [-0.25, -0.2) is 19.2 Å². The third kappa shape index (κ3) is 2.99. The molecule has 2 aromatic heterocycles. The van der Waals surface area contributed by atoms with E-state index in [1.807, 2.05) is 31.2 Å². The number of hydroxylamine groups is 2. The highest BCUT2D eigenvalue weighted by molar-refractivity contribution is 5.81. The molecule has 7 heteroatoms. The van der Waals surface area contributed by atoms with E-state index in [9.17, 15) is 4.79 Å². The van der Waals surface area contributed by atoms with Crippen LogP contribution < -0.4 is 4.74 Å². The third-order valence-electron chi connectivity index (χ3n) is 4.68. The Morgan fingerprint density at radius 2 is 2.00 bits per heavy atom. The second kappa shape index (κ2) is 7.29. The van der Waals surface area contributed by atoms with E-state index in [1.54, 1.807) is 4.40 Å². The molecule has 1 atom stereocenters. The van der Waals surface area contributed by atoms with Gasteiger partial charge in [0.25, 0.3) is 0 Å². The quantitative estimate of drug-likeness (QED) is 0.648. The Bertz CT molecular complexity index is 951. The molecule has 1 unspecified atom stereocenters. The van der Waals surface area contributed by atoms with E-state index < -0.39 is 6.09 Å². The van der Waals surface area contributed by atoms with Crippen molar-refractivity contribution in [1.29, 1.82) is 0 Å². The summed E-state index contributed by atoms with van der Waals surface area (Å²) in [6.07, 6.45) is 1.03. The smallest absolute Gasteiger partial charge is 0.391 e. The summed E-state index contributed by atoms with van der Waals surface area (Å²) in [5, 5.41) is 1.05. The summed E-state index contributed by atoms with van der Waals surface area (Å²) in [7, 11) is 2.93. The van der Waals surface area contributed by atoms with E-state index in [2.05, 4.69) is 18.8 Å². The van der Waals surface area contributed by atoms with Gasteiger partial charge in [-0.15, -0.1) is 0 Å². The molecule has 0 saturated heterocycles. The van der Waals surface area contributed by atoms with Gasteiger partial charge in [0.05, 0.1) is 23.8 Å². The van der Waals surface area contributed by atoms with Gasteiger partial charge < -0.3 is 4.74 Å². The van der Waals surface area contributed by atoms with Crippen molar-refractivity contribution in [3.8, 4) is 5.88 Å².